The number of halogens is 1. The summed E-state index contributed by atoms with van der Waals surface area (Å²) in [5, 5.41) is 8.52. The van der Waals surface area contributed by atoms with Gasteiger partial charge in [0.05, 0.1) is 6.20 Å². The number of nitrogens with zero attached hydrogens (tertiary/aromatic N) is 1. The van der Waals surface area contributed by atoms with E-state index in [0.29, 0.717) is 4.64 Å². The van der Waals surface area contributed by atoms with Gasteiger partial charge in [0.2, 0.25) is 0 Å². The molecule has 0 unspecified atom stereocenters. The Hall–Kier alpha value is -0.710. The average molecular weight is 229 g/mol. The Labute approximate surface area is 89.2 Å². The molecule has 0 aliphatic carbocycles. The number of nitrogens with one attached hydrogen (secondary N) is 1. The van der Waals surface area contributed by atoms with Crippen molar-refractivity contribution in [3.05, 3.63) is 32.7 Å². The van der Waals surface area contributed by atoms with Crippen LogP contribution in [0.3, 0.4) is 0 Å². The van der Waals surface area contributed by atoms with E-state index in [1.165, 1.54) is 11.3 Å². The lowest BCUT2D eigenvalue weighted by molar-refractivity contribution is 1.02. The molecule has 0 aromatic carbocycles. The molecule has 0 spiro atoms. The topological polar surface area (TPSA) is 28.7 Å². The van der Waals surface area contributed by atoms with E-state index in [4.69, 9.17) is 23.8 Å². The first-order chi connectivity index (χ1) is 6.27. The van der Waals surface area contributed by atoms with Gasteiger partial charge >= 0.3 is 0 Å². The van der Waals surface area contributed by atoms with Crippen LogP contribution in [-0.4, -0.2) is 10.2 Å². The van der Waals surface area contributed by atoms with Gasteiger partial charge in [0.1, 0.15) is 8.98 Å². The minimum Gasteiger partial charge on any atom is -0.268 e. The van der Waals surface area contributed by atoms with Crippen LogP contribution >= 0.6 is 35.2 Å². The molecule has 0 saturated carbocycles. The third kappa shape index (κ3) is 1.80. The standard InChI is InChI=1S/C8H5ClN2S2/c9-8-6(1-2-13-8)5-3-7(12)11-10-4-5/h1-4H,(H,11,12). The fraction of sp³-hybridized carbons (Fsp3) is 0. The molecule has 0 radical (unpaired) electrons. The highest BCUT2D eigenvalue weighted by Gasteiger charge is 2.03. The van der Waals surface area contributed by atoms with Gasteiger partial charge in [0, 0.05) is 11.1 Å². The third-order valence-corrected chi connectivity index (χ3v) is 2.97. The highest BCUT2D eigenvalue weighted by molar-refractivity contribution is 7.71. The maximum Gasteiger partial charge on any atom is 0.120 e. The number of rotatable bonds is 1. The molecule has 0 bridgehead atoms. The molecule has 0 atom stereocenters. The molecule has 2 heterocycles. The second kappa shape index (κ2) is 3.57. The van der Waals surface area contributed by atoms with Crippen molar-refractivity contribution in [1.29, 1.82) is 0 Å². The molecule has 0 aliphatic heterocycles. The molecular formula is C8H5ClN2S2. The summed E-state index contributed by atoms with van der Waals surface area (Å²) in [5.41, 5.74) is 1.94. The van der Waals surface area contributed by atoms with Crippen molar-refractivity contribution in [1.82, 2.24) is 10.2 Å². The van der Waals surface area contributed by atoms with Gasteiger partial charge in [-0.25, -0.2) is 0 Å². The van der Waals surface area contributed by atoms with Crippen LogP contribution in [0.15, 0.2) is 23.7 Å². The Balaban J connectivity index is 2.59. The van der Waals surface area contributed by atoms with Crippen molar-refractivity contribution in [2.75, 3.05) is 0 Å². The lowest BCUT2D eigenvalue weighted by Gasteiger charge is -1.96. The Morgan fingerprint density at radius 1 is 1.54 bits per heavy atom. The molecule has 1 N–H and O–H groups in total. The summed E-state index contributed by atoms with van der Waals surface area (Å²) in [6.07, 6.45) is 1.71. The first-order valence-electron chi connectivity index (χ1n) is 3.55. The smallest absolute Gasteiger partial charge is 0.120 e. The Bertz CT molecular complexity index is 475. The SMILES string of the molecule is S=c1cc(-c2ccsc2Cl)cn[nH]1. The van der Waals surface area contributed by atoms with Gasteiger partial charge in [-0.15, -0.1) is 11.3 Å². The molecule has 5 heteroatoms. The van der Waals surface area contributed by atoms with E-state index in [-0.39, 0.29) is 0 Å². The van der Waals surface area contributed by atoms with Gasteiger partial charge < -0.3 is 0 Å². The van der Waals surface area contributed by atoms with Gasteiger partial charge in [0.15, 0.2) is 0 Å². The highest BCUT2D eigenvalue weighted by atomic mass is 35.5. The predicted octanol–water partition coefficient (Wildman–Crippen LogP) is 3.52. The number of H-pyrrole nitrogens is 1. The molecule has 0 saturated heterocycles. The van der Waals surface area contributed by atoms with Crippen LogP contribution < -0.4 is 0 Å². The van der Waals surface area contributed by atoms with Crippen LogP contribution in [0.25, 0.3) is 11.1 Å². The maximum atomic E-state index is 5.97. The van der Waals surface area contributed by atoms with Crippen LogP contribution in [0.1, 0.15) is 0 Å². The molecule has 2 aromatic heterocycles. The highest BCUT2D eigenvalue weighted by Crippen LogP contribution is 2.31. The van der Waals surface area contributed by atoms with Gasteiger partial charge in [-0.1, -0.05) is 23.8 Å². The number of hydrogen-bond donors (Lipinski definition) is 1. The van der Waals surface area contributed by atoms with Crippen molar-refractivity contribution in [2.24, 2.45) is 0 Å². The molecule has 2 aromatic rings. The van der Waals surface area contributed by atoms with E-state index < -0.39 is 0 Å². The monoisotopic (exact) mass is 228 g/mol. The van der Waals surface area contributed by atoms with Crippen molar-refractivity contribution >= 4 is 35.2 Å². The Morgan fingerprint density at radius 3 is 3.00 bits per heavy atom. The number of thiophene rings is 1. The minimum atomic E-state index is 0.611. The van der Waals surface area contributed by atoms with E-state index >= 15 is 0 Å². The predicted molar refractivity (Wildman–Crippen MR) is 57.7 cm³/mol. The molecule has 2 nitrogen and oxygen atoms in total. The second-order valence-corrected chi connectivity index (χ2v) is 4.40. The van der Waals surface area contributed by atoms with Gasteiger partial charge in [-0.05, 0) is 17.5 Å². The van der Waals surface area contributed by atoms with Crippen molar-refractivity contribution in [2.45, 2.75) is 0 Å². The van der Waals surface area contributed by atoms with Crippen LogP contribution in [0, 0.1) is 4.64 Å². The zero-order valence-corrected chi connectivity index (χ0v) is 8.84. The Kier molecular flexibility index (Phi) is 2.44. The molecule has 0 amide bonds. The molecule has 66 valence electrons. The summed E-state index contributed by atoms with van der Waals surface area (Å²) in [5.74, 6) is 0. The van der Waals surface area contributed by atoms with Gasteiger partial charge in [0.25, 0.3) is 0 Å². The maximum absolute atomic E-state index is 5.97. The zero-order chi connectivity index (χ0) is 9.26. The summed E-state index contributed by atoms with van der Waals surface area (Å²) in [7, 11) is 0. The normalized spacial score (nSPS) is 10.2. The zero-order valence-electron chi connectivity index (χ0n) is 6.45. The number of aromatic amines is 1. The number of hydrogen-bond acceptors (Lipinski definition) is 3. The van der Waals surface area contributed by atoms with E-state index in [9.17, 15) is 0 Å². The van der Waals surface area contributed by atoms with Crippen molar-refractivity contribution < 1.29 is 0 Å². The molecule has 0 aliphatic rings. The lowest BCUT2D eigenvalue weighted by atomic mass is 10.2. The van der Waals surface area contributed by atoms with Gasteiger partial charge in [-0.2, -0.15) is 5.10 Å². The fourth-order valence-electron chi connectivity index (χ4n) is 1.02. The summed E-state index contributed by atoms with van der Waals surface area (Å²) in [4.78, 5) is 0. The minimum absolute atomic E-state index is 0.611. The largest absolute Gasteiger partial charge is 0.268 e. The van der Waals surface area contributed by atoms with Gasteiger partial charge in [-0.3, -0.25) is 5.10 Å². The van der Waals surface area contributed by atoms with Crippen LogP contribution in [0.5, 0.6) is 0 Å². The summed E-state index contributed by atoms with van der Waals surface area (Å²) in [6, 6.07) is 3.80. The first kappa shape index (κ1) is 8.87. The average Bonchev–Trinajstić information content (AvgIpc) is 2.51. The van der Waals surface area contributed by atoms with E-state index in [0.717, 1.165) is 15.5 Å². The van der Waals surface area contributed by atoms with E-state index in [2.05, 4.69) is 10.2 Å². The lowest BCUT2D eigenvalue weighted by Crippen LogP contribution is -1.82. The molecule has 0 fully saturated rings. The van der Waals surface area contributed by atoms with Crippen LogP contribution in [0.2, 0.25) is 4.34 Å². The van der Waals surface area contributed by atoms with E-state index in [1.807, 2.05) is 17.5 Å². The molecule has 13 heavy (non-hydrogen) atoms. The number of aromatic nitrogens is 2. The van der Waals surface area contributed by atoms with Crippen LogP contribution in [0.4, 0.5) is 0 Å². The Morgan fingerprint density at radius 2 is 2.38 bits per heavy atom. The molecular weight excluding hydrogens is 224 g/mol. The summed E-state index contributed by atoms with van der Waals surface area (Å²) >= 11 is 12.4. The summed E-state index contributed by atoms with van der Waals surface area (Å²) < 4.78 is 1.38. The van der Waals surface area contributed by atoms with E-state index in [1.54, 1.807) is 6.20 Å². The van der Waals surface area contributed by atoms with Crippen molar-refractivity contribution in [3.8, 4) is 11.1 Å². The third-order valence-electron chi connectivity index (χ3n) is 1.59. The first-order valence-corrected chi connectivity index (χ1v) is 5.22. The molecule has 2 rings (SSSR count). The fourth-order valence-corrected chi connectivity index (χ4v) is 2.17. The van der Waals surface area contributed by atoms with Crippen molar-refractivity contribution in [3.63, 3.8) is 0 Å². The second-order valence-electron chi connectivity index (χ2n) is 2.44. The quantitative estimate of drug-likeness (QED) is 0.757. The van der Waals surface area contributed by atoms with Crippen LogP contribution in [-0.2, 0) is 0 Å². The summed E-state index contributed by atoms with van der Waals surface area (Å²) in [6.45, 7) is 0.